The van der Waals surface area contributed by atoms with Crippen molar-refractivity contribution in [1.82, 2.24) is 0 Å². The summed E-state index contributed by atoms with van der Waals surface area (Å²) in [6.07, 6.45) is 12.5. The van der Waals surface area contributed by atoms with Crippen LogP contribution < -0.4 is 0 Å². The van der Waals surface area contributed by atoms with Gasteiger partial charge in [-0.15, -0.1) is 0 Å². The maximum Gasteiger partial charge on any atom is 0.0158 e. The molecule has 4 aliphatic rings. The molecule has 0 aliphatic heterocycles. The first-order chi connectivity index (χ1) is 30.1. The van der Waals surface area contributed by atoms with Crippen molar-refractivity contribution in [2.24, 2.45) is 21.7 Å². The van der Waals surface area contributed by atoms with E-state index in [0.717, 1.165) is 6.42 Å². The Kier molecular flexibility index (Phi) is 21.0. The number of hydrogen-bond donors (Lipinski definition) is 0. The van der Waals surface area contributed by atoms with Gasteiger partial charge in [0, 0.05) is 10.8 Å². The Hall–Kier alpha value is -4.42. The highest BCUT2D eigenvalue weighted by Crippen LogP contribution is 2.48. The predicted molar refractivity (Wildman–Crippen MR) is 300 cm³/mol. The summed E-state index contributed by atoms with van der Waals surface area (Å²) in [5, 5.41) is 0. The second-order valence-corrected chi connectivity index (χ2v) is 26.7. The molecular formula is C66H96. The highest BCUT2D eigenvalue weighted by Gasteiger charge is 2.34. The summed E-state index contributed by atoms with van der Waals surface area (Å²) in [4.78, 5) is 0. The van der Waals surface area contributed by atoms with Crippen molar-refractivity contribution in [2.45, 2.75) is 188 Å². The summed E-state index contributed by atoms with van der Waals surface area (Å²) in [5.41, 5.74) is 17.3. The highest BCUT2D eigenvalue weighted by molar-refractivity contribution is 5.80. The van der Waals surface area contributed by atoms with Gasteiger partial charge in [-0.3, -0.25) is 0 Å². The van der Waals surface area contributed by atoms with E-state index < -0.39 is 0 Å². The molecule has 5 aromatic rings. The van der Waals surface area contributed by atoms with Crippen LogP contribution in [0.1, 0.15) is 203 Å². The first-order valence-electron chi connectivity index (χ1n) is 24.9. The number of rotatable bonds is 0. The van der Waals surface area contributed by atoms with Crippen molar-refractivity contribution in [2.75, 3.05) is 0 Å². The van der Waals surface area contributed by atoms with Gasteiger partial charge in [-0.1, -0.05) is 298 Å². The summed E-state index contributed by atoms with van der Waals surface area (Å²) < 4.78 is 0. The van der Waals surface area contributed by atoms with Crippen molar-refractivity contribution in [1.29, 1.82) is 0 Å². The molecule has 5 aromatic carbocycles. The topological polar surface area (TPSA) is 0 Å². The van der Waals surface area contributed by atoms with Crippen molar-refractivity contribution >= 4 is 12.2 Å². The molecule has 0 amide bonds. The van der Waals surface area contributed by atoms with Crippen molar-refractivity contribution in [3.63, 3.8) is 0 Å². The number of fused-ring (bicyclic) bond motifs is 6. The number of benzene rings is 5. The Bertz CT molecular complexity index is 2140. The molecule has 0 saturated carbocycles. The lowest BCUT2D eigenvalue weighted by Gasteiger charge is -2.20. The van der Waals surface area contributed by atoms with E-state index in [1.165, 1.54) is 57.3 Å². The second-order valence-electron chi connectivity index (χ2n) is 26.7. The summed E-state index contributed by atoms with van der Waals surface area (Å²) in [6.45, 7) is 48.8. The van der Waals surface area contributed by atoms with Gasteiger partial charge >= 0.3 is 0 Å². The van der Waals surface area contributed by atoms with E-state index in [0.29, 0.717) is 27.1 Å². The fourth-order valence-electron chi connectivity index (χ4n) is 7.46. The minimum absolute atomic E-state index is 0.160. The largest absolute Gasteiger partial charge is 0.0795 e. The van der Waals surface area contributed by atoms with Crippen molar-refractivity contribution in [3.8, 4) is 11.1 Å². The third-order valence-corrected chi connectivity index (χ3v) is 10.3. The minimum Gasteiger partial charge on any atom is -0.0795 e. The number of aryl methyl sites for hydroxylation is 1. The van der Waals surface area contributed by atoms with Crippen molar-refractivity contribution in [3.05, 3.63) is 178 Å². The van der Waals surface area contributed by atoms with Crippen LogP contribution in [0.2, 0.25) is 0 Å². The van der Waals surface area contributed by atoms with Gasteiger partial charge in [-0.25, -0.2) is 0 Å². The van der Waals surface area contributed by atoms with Crippen LogP contribution in [0.3, 0.4) is 0 Å². The molecule has 9 rings (SSSR count). The zero-order valence-electron chi connectivity index (χ0n) is 46.5. The van der Waals surface area contributed by atoms with Gasteiger partial charge in [0.25, 0.3) is 0 Å². The van der Waals surface area contributed by atoms with Gasteiger partial charge < -0.3 is 0 Å². The first kappa shape index (κ1) is 57.7. The summed E-state index contributed by atoms with van der Waals surface area (Å²) in [7, 11) is 0. The van der Waals surface area contributed by atoms with E-state index in [9.17, 15) is 0 Å². The Labute approximate surface area is 408 Å². The van der Waals surface area contributed by atoms with Gasteiger partial charge in [0.15, 0.2) is 0 Å². The van der Waals surface area contributed by atoms with Gasteiger partial charge in [-0.2, -0.15) is 0 Å². The smallest absolute Gasteiger partial charge is 0.0158 e. The molecule has 0 saturated heterocycles. The van der Waals surface area contributed by atoms with Crippen LogP contribution in [-0.4, -0.2) is 0 Å². The third-order valence-electron chi connectivity index (χ3n) is 10.3. The third kappa shape index (κ3) is 21.9. The molecule has 0 bridgehead atoms. The molecule has 0 radical (unpaired) electrons. The van der Waals surface area contributed by atoms with E-state index in [1.807, 2.05) is 0 Å². The molecule has 4 aliphatic carbocycles. The zero-order valence-corrected chi connectivity index (χ0v) is 46.5. The van der Waals surface area contributed by atoms with Gasteiger partial charge in [-0.05, 0) is 102 Å². The summed E-state index contributed by atoms with van der Waals surface area (Å²) in [5.74, 6) is 0. The van der Waals surface area contributed by atoms with Crippen LogP contribution >= 0.6 is 0 Å². The summed E-state index contributed by atoms with van der Waals surface area (Å²) >= 11 is 0. The minimum atomic E-state index is 0.160. The maximum atomic E-state index is 2.33. The van der Waals surface area contributed by atoms with E-state index in [2.05, 4.69) is 298 Å². The average molecular weight is 889 g/mol. The molecule has 0 heterocycles. The monoisotopic (exact) mass is 889 g/mol. The van der Waals surface area contributed by atoms with Gasteiger partial charge in [0.2, 0.25) is 0 Å². The Balaban J connectivity index is 0.000000270. The molecule has 360 valence electrons. The van der Waals surface area contributed by atoms with Crippen LogP contribution in [-0.2, 0) is 29.1 Å². The number of hydrogen-bond acceptors (Lipinski definition) is 0. The highest BCUT2D eigenvalue weighted by atomic mass is 14.4. The van der Waals surface area contributed by atoms with Crippen LogP contribution in [0, 0.1) is 21.7 Å². The number of allylic oxidation sites excluding steroid dienone is 2. The van der Waals surface area contributed by atoms with E-state index in [-0.39, 0.29) is 10.8 Å². The molecule has 66 heavy (non-hydrogen) atoms. The predicted octanol–water partition coefficient (Wildman–Crippen LogP) is 20.4. The molecule has 0 nitrogen and oxygen atoms in total. The van der Waals surface area contributed by atoms with Crippen LogP contribution in [0.25, 0.3) is 23.3 Å². The van der Waals surface area contributed by atoms with E-state index in [1.54, 1.807) is 11.1 Å². The maximum absolute atomic E-state index is 2.33. The Morgan fingerprint density at radius 3 is 1.12 bits per heavy atom. The molecule has 0 fully saturated rings. The molecule has 0 spiro atoms. The molecule has 0 N–H and O–H groups in total. The summed E-state index contributed by atoms with van der Waals surface area (Å²) in [6, 6.07) is 43.3. The zero-order chi connectivity index (χ0) is 50.4. The van der Waals surface area contributed by atoms with Crippen LogP contribution in [0.15, 0.2) is 133 Å². The second kappa shape index (κ2) is 24.0. The standard InChI is InChI=1S/C15H14.C11H14.C11H12.C9H8.4C5H12/c1-15(2)13-9-5-3-7-11(13)12-8-4-6-10-14(12)15;2*1-11(2)8-7-9-5-3-4-6-10(9)11;1-2-5-9-7-3-6-8(9)4-1;4*1-5(2,3)4/h3-10H,1-2H3;3-6H,7-8H2,1-2H3;3-8H,1-2H3;1-6H,7H2;4*1-4H3. The van der Waals surface area contributed by atoms with Gasteiger partial charge in [0.1, 0.15) is 0 Å². The first-order valence-corrected chi connectivity index (χ1v) is 24.9. The van der Waals surface area contributed by atoms with Crippen LogP contribution in [0.4, 0.5) is 0 Å². The normalized spacial score (nSPS) is 15.5. The fraction of sp³-hybridized carbons (Fsp3) is 0.485. The van der Waals surface area contributed by atoms with Crippen LogP contribution in [0.5, 0.6) is 0 Å². The van der Waals surface area contributed by atoms with Crippen molar-refractivity contribution < 1.29 is 0 Å². The van der Waals surface area contributed by atoms with Gasteiger partial charge in [0.05, 0.1) is 0 Å². The Morgan fingerprint density at radius 2 is 0.712 bits per heavy atom. The molecule has 0 atom stereocenters. The molecular weight excluding hydrogens is 793 g/mol. The molecule has 0 heteroatoms. The fourth-order valence-corrected chi connectivity index (χ4v) is 7.46. The SMILES string of the molecule is C1=Cc2ccccc2C1.CC(C)(C)C.CC(C)(C)C.CC(C)(C)C.CC(C)(C)C.CC1(C)C=Cc2ccccc21.CC1(C)CCc2ccccc21.CC1(C)c2ccccc2-c2ccccc21. The van der Waals surface area contributed by atoms with E-state index >= 15 is 0 Å². The molecule has 0 unspecified atom stereocenters. The Morgan fingerprint density at radius 1 is 0.364 bits per heavy atom. The average Bonchev–Trinajstić information content (AvgIpc) is 3.92. The van der Waals surface area contributed by atoms with E-state index in [4.69, 9.17) is 0 Å². The molecule has 0 aromatic heterocycles. The lowest BCUT2D eigenvalue weighted by Crippen LogP contribution is -2.14. The lowest BCUT2D eigenvalue weighted by atomic mass is 9.82. The lowest BCUT2D eigenvalue weighted by molar-refractivity contribution is 0.469. The quantitative estimate of drug-likeness (QED) is 0.145.